The molecule has 0 aliphatic carbocycles. The fourth-order valence-corrected chi connectivity index (χ4v) is 2.18. The first-order chi connectivity index (χ1) is 8.25. The van der Waals surface area contributed by atoms with E-state index >= 15 is 0 Å². The maximum atomic E-state index is 6.17. The van der Waals surface area contributed by atoms with Crippen molar-refractivity contribution in [2.75, 3.05) is 0 Å². The second-order valence-electron chi connectivity index (χ2n) is 3.71. The van der Waals surface area contributed by atoms with Crippen molar-refractivity contribution in [3.05, 3.63) is 58.7 Å². The van der Waals surface area contributed by atoms with Crippen molar-refractivity contribution in [3.63, 3.8) is 0 Å². The SMILES string of the molecule is Clc1ccc(Cl)c(-n2ncc3ccccc32)c1. The summed E-state index contributed by atoms with van der Waals surface area (Å²) in [7, 11) is 0. The van der Waals surface area contributed by atoms with Crippen molar-refractivity contribution in [3.8, 4) is 5.69 Å². The van der Waals surface area contributed by atoms with Gasteiger partial charge in [-0.1, -0.05) is 41.4 Å². The molecule has 0 N–H and O–H groups in total. The van der Waals surface area contributed by atoms with Gasteiger partial charge in [0.15, 0.2) is 0 Å². The molecule has 0 saturated heterocycles. The minimum atomic E-state index is 0.628. The Morgan fingerprint density at radius 1 is 1.00 bits per heavy atom. The summed E-state index contributed by atoms with van der Waals surface area (Å²) >= 11 is 12.2. The Morgan fingerprint density at radius 2 is 1.82 bits per heavy atom. The number of aromatic nitrogens is 2. The van der Waals surface area contributed by atoms with E-state index in [4.69, 9.17) is 23.2 Å². The summed E-state index contributed by atoms with van der Waals surface area (Å²) < 4.78 is 1.80. The van der Waals surface area contributed by atoms with Crippen LogP contribution < -0.4 is 0 Å². The van der Waals surface area contributed by atoms with Gasteiger partial charge in [-0.15, -0.1) is 0 Å². The van der Waals surface area contributed by atoms with Crippen LogP contribution in [-0.4, -0.2) is 9.78 Å². The van der Waals surface area contributed by atoms with Gasteiger partial charge in [0, 0.05) is 10.4 Å². The first kappa shape index (κ1) is 10.6. The second kappa shape index (κ2) is 4.06. The normalized spacial score (nSPS) is 10.9. The highest BCUT2D eigenvalue weighted by Gasteiger charge is 2.08. The number of benzene rings is 2. The highest BCUT2D eigenvalue weighted by molar-refractivity contribution is 6.34. The van der Waals surface area contributed by atoms with E-state index in [1.807, 2.05) is 36.5 Å². The topological polar surface area (TPSA) is 17.8 Å². The van der Waals surface area contributed by atoms with Gasteiger partial charge in [0.05, 0.1) is 22.4 Å². The van der Waals surface area contributed by atoms with Gasteiger partial charge in [-0.2, -0.15) is 5.10 Å². The molecule has 0 aliphatic rings. The molecule has 0 fully saturated rings. The van der Waals surface area contributed by atoms with E-state index in [0.717, 1.165) is 16.6 Å². The Morgan fingerprint density at radius 3 is 2.71 bits per heavy atom. The molecule has 0 unspecified atom stereocenters. The number of hydrogen-bond acceptors (Lipinski definition) is 1. The molecule has 2 aromatic carbocycles. The number of hydrogen-bond donors (Lipinski definition) is 0. The van der Waals surface area contributed by atoms with Crippen LogP contribution in [-0.2, 0) is 0 Å². The second-order valence-corrected chi connectivity index (χ2v) is 4.55. The highest BCUT2D eigenvalue weighted by atomic mass is 35.5. The Kier molecular flexibility index (Phi) is 2.54. The van der Waals surface area contributed by atoms with Gasteiger partial charge in [-0.25, -0.2) is 4.68 Å². The van der Waals surface area contributed by atoms with Gasteiger partial charge in [-0.05, 0) is 24.3 Å². The monoisotopic (exact) mass is 262 g/mol. The van der Waals surface area contributed by atoms with E-state index in [2.05, 4.69) is 5.10 Å². The predicted octanol–water partition coefficient (Wildman–Crippen LogP) is 4.33. The average molecular weight is 263 g/mol. The van der Waals surface area contributed by atoms with E-state index < -0.39 is 0 Å². The van der Waals surface area contributed by atoms with Gasteiger partial charge in [0.2, 0.25) is 0 Å². The van der Waals surface area contributed by atoms with Crippen molar-refractivity contribution in [2.45, 2.75) is 0 Å². The van der Waals surface area contributed by atoms with Crippen LogP contribution in [0, 0.1) is 0 Å². The molecule has 2 nitrogen and oxygen atoms in total. The fraction of sp³-hybridized carbons (Fsp3) is 0. The lowest BCUT2D eigenvalue weighted by molar-refractivity contribution is 0.911. The Bertz CT molecular complexity index is 689. The zero-order valence-electron chi connectivity index (χ0n) is 8.77. The number of para-hydroxylation sites is 1. The third kappa shape index (κ3) is 1.79. The standard InChI is InChI=1S/C13H8Cl2N2/c14-10-5-6-11(15)13(7-10)17-12-4-2-1-3-9(12)8-16-17/h1-8H. The molecule has 3 aromatic rings. The summed E-state index contributed by atoms with van der Waals surface area (Å²) in [5, 5.41) is 6.68. The van der Waals surface area contributed by atoms with Gasteiger partial charge < -0.3 is 0 Å². The summed E-state index contributed by atoms with van der Waals surface area (Å²) in [6.45, 7) is 0. The van der Waals surface area contributed by atoms with Crippen LogP contribution in [0.2, 0.25) is 10.0 Å². The van der Waals surface area contributed by atoms with Crippen LogP contribution in [0.4, 0.5) is 0 Å². The summed E-state index contributed by atoms with van der Waals surface area (Å²) in [6.07, 6.45) is 1.81. The third-order valence-corrected chi connectivity index (χ3v) is 3.17. The minimum Gasteiger partial charge on any atom is -0.232 e. The molecule has 0 aliphatic heterocycles. The summed E-state index contributed by atoms with van der Waals surface area (Å²) in [5.74, 6) is 0. The average Bonchev–Trinajstić information content (AvgIpc) is 2.76. The van der Waals surface area contributed by atoms with Gasteiger partial charge in [-0.3, -0.25) is 0 Å². The molecule has 0 bridgehead atoms. The summed E-state index contributed by atoms with van der Waals surface area (Å²) in [5.41, 5.74) is 1.80. The van der Waals surface area contributed by atoms with E-state index in [0.29, 0.717) is 10.0 Å². The van der Waals surface area contributed by atoms with Crippen LogP contribution in [0.25, 0.3) is 16.6 Å². The molecule has 0 spiro atoms. The number of nitrogens with zero attached hydrogens (tertiary/aromatic N) is 2. The van der Waals surface area contributed by atoms with Crippen molar-refractivity contribution in [1.82, 2.24) is 9.78 Å². The molecule has 84 valence electrons. The minimum absolute atomic E-state index is 0.628. The van der Waals surface area contributed by atoms with Gasteiger partial charge in [0.25, 0.3) is 0 Å². The van der Waals surface area contributed by atoms with E-state index in [9.17, 15) is 0 Å². The van der Waals surface area contributed by atoms with Crippen molar-refractivity contribution >= 4 is 34.1 Å². The van der Waals surface area contributed by atoms with Gasteiger partial charge in [0.1, 0.15) is 0 Å². The molecule has 1 heterocycles. The van der Waals surface area contributed by atoms with Crippen molar-refractivity contribution in [2.24, 2.45) is 0 Å². The summed E-state index contributed by atoms with van der Waals surface area (Å²) in [4.78, 5) is 0. The zero-order valence-corrected chi connectivity index (χ0v) is 10.3. The van der Waals surface area contributed by atoms with Crippen LogP contribution in [0.1, 0.15) is 0 Å². The number of halogens is 2. The number of rotatable bonds is 1. The molecule has 4 heteroatoms. The lowest BCUT2D eigenvalue weighted by atomic mass is 10.2. The van der Waals surface area contributed by atoms with E-state index in [-0.39, 0.29) is 0 Å². The molecule has 0 radical (unpaired) electrons. The third-order valence-electron chi connectivity index (χ3n) is 2.61. The molecule has 17 heavy (non-hydrogen) atoms. The molecule has 1 aromatic heterocycles. The Hall–Kier alpha value is -1.51. The van der Waals surface area contributed by atoms with Crippen LogP contribution in [0.5, 0.6) is 0 Å². The molecule has 0 atom stereocenters. The molecule has 3 rings (SSSR count). The highest BCUT2D eigenvalue weighted by Crippen LogP contribution is 2.26. The van der Waals surface area contributed by atoms with Crippen LogP contribution >= 0.6 is 23.2 Å². The fourth-order valence-electron chi connectivity index (χ4n) is 1.81. The predicted molar refractivity (Wildman–Crippen MR) is 71.1 cm³/mol. The Labute approximate surface area is 108 Å². The largest absolute Gasteiger partial charge is 0.232 e. The Balaban J connectivity index is 2.31. The molecular formula is C13H8Cl2N2. The van der Waals surface area contributed by atoms with E-state index in [1.165, 1.54) is 0 Å². The maximum Gasteiger partial charge on any atom is 0.0853 e. The zero-order chi connectivity index (χ0) is 11.8. The van der Waals surface area contributed by atoms with Crippen LogP contribution in [0.3, 0.4) is 0 Å². The lowest BCUT2D eigenvalue weighted by Gasteiger charge is -2.06. The van der Waals surface area contributed by atoms with Crippen LogP contribution in [0.15, 0.2) is 48.7 Å². The smallest absolute Gasteiger partial charge is 0.0853 e. The van der Waals surface area contributed by atoms with Gasteiger partial charge >= 0.3 is 0 Å². The number of fused-ring (bicyclic) bond motifs is 1. The quantitative estimate of drug-likeness (QED) is 0.638. The lowest BCUT2D eigenvalue weighted by Crippen LogP contribution is -1.96. The molecular weight excluding hydrogens is 255 g/mol. The van der Waals surface area contributed by atoms with E-state index in [1.54, 1.807) is 16.8 Å². The maximum absolute atomic E-state index is 6.17. The summed E-state index contributed by atoms with van der Waals surface area (Å²) in [6, 6.07) is 13.3. The molecule has 0 saturated carbocycles. The molecule has 0 amide bonds. The first-order valence-electron chi connectivity index (χ1n) is 5.14. The first-order valence-corrected chi connectivity index (χ1v) is 5.89. The van der Waals surface area contributed by atoms with Crippen molar-refractivity contribution < 1.29 is 0 Å². The van der Waals surface area contributed by atoms with Crippen molar-refractivity contribution in [1.29, 1.82) is 0 Å².